The topological polar surface area (TPSA) is 289 Å². The summed E-state index contributed by atoms with van der Waals surface area (Å²) in [5.74, 6) is -8.90. The average molecular weight is 946 g/mol. The van der Waals surface area contributed by atoms with E-state index >= 15 is 0 Å². The number of phenolic OH excluding ortho intramolecular Hbond substituents is 3. The number of aromatic hydroxyl groups is 3. The third kappa shape index (κ3) is 11.2. The number of anilines is 1. The molecule has 368 valence electrons. The normalized spacial score (nSPS) is 29.0. The van der Waals surface area contributed by atoms with Gasteiger partial charge in [0.05, 0.1) is 59.2 Å². The highest BCUT2D eigenvalue weighted by atomic mass is 16.7. The van der Waals surface area contributed by atoms with Crippen LogP contribution in [0, 0.1) is 30.6 Å². The number of nitrogens with zero attached hydrogens (tertiary/aromatic N) is 5. The lowest BCUT2D eigenvalue weighted by atomic mass is 9.78. The van der Waals surface area contributed by atoms with E-state index in [1.807, 2.05) is 7.05 Å². The summed E-state index contributed by atoms with van der Waals surface area (Å²) in [6, 6.07) is 0. The van der Waals surface area contributed by atoms with Crippen LogP contribution in [0.3, 0.4) is 0 Å². The zero-order valence-corrected chi connectivity index (χ0v) is 40.0. The number of ketones is 1. The number of rotatable bonds is 5. The maximum absolute atomic E-state index is 14.4. The number of carbonyl (C=O) groups excluding carboxylic acids is 4. The molecule has 5 bridgehead atoms. The number of benzene rings is 2. The summed E-state index contributed by atoms with van der Waals surface area (Å²) < 4.78 is 23.6. The highest BCUT2D eigenvalue weighted by Gasteiger charge is 2.50. The number of esters is 1. The van der Waals surface area contributed by atoms with E-state index in [0.29, 0.717) is 13.1 Å². The number of aromatic nitrogens is 2. The van der Waals surface area contributed by atoms with E-state index in [0.717, 1.165) is 13.1 Å². The van der Waals surface area contributed by atoms with Gasteiger partial charge in [0, 0.05) is 99.7 Å². The Kier molecular flexibility index (Phi) is 16.9. The number of nitrogens with one attached hydrogen (secondary N) is 1. The van der Waals surface area contributed by atoms with E-state index in [4.69, 9.17) is 24.7 Å². The molecule has 2 aromatic carbocycles. The van der Waals surface area contributed by atoms with E-state index in [9.17, 15) is 44.7 Å². The monoisotopic (exact) mass is 945 g/mol. The molecule has 8 N–H and O–H groups in total. The number of hydrazone groups is 1. The summed E-state index contributed by atoms with van der Waals surface area (Å²) in [5.41, 5.74) is 4.71. The van der Waals surface area contributed by atoms with Gasteiger partial charge in [-0.15, -0.1) is 0 Å². The fourth-order valence-corrected chi connectivity index (χ4v) is 8.35. The highest BCUT2D eigenvalue weighted by Crippen LogP contribution is 2.55. The Labute approximate surface area is 394 Å². The van der Waals surface area contributed by atoms with Crippen LogP contribution in [0.1, 0.15) is 80.4 Å². The van der Waals surface area contributed by atoms with E-state index in [2.05, 4.69) is 25.3 Å². The van der Waals surface area contributed by atoms with Crippen molar-refractivity contribution >= 4 is 46.2 Å². The second-order valence-corrected chi connectivity index (χ2v) is 17.6. The molecule has 1 aromatic heterocycles. The Balaban J connectivity index is 0.000000858. The number of primary amides is 1. The van der Waals surface area contributed by atoms with Crippen LogP contribution in [0.25, 0.3) is 10.8 Å². The van der Waals surface area contributed by atoms with Crippen molar-refractivity contribution in [3.8, 4) is 23.0 Å². The second kappa shape index (κ2) is 22.0. The SMILES string of the molecule is CO[C@H]1/C=C/O[C@@]2(C)Oc3c(C)c(O)c4c(O)c(c(/C=N\N5CCN(C)CC5)c(O)c4c3C2=O)NC(=O)/C(C)=C\C=C\[C@@H](C)[C@H](O)[C@@H](C)[C@H](O)[C@@H](C)[C@H](OC(C)=O)[C@@H]1C.NC(=O)c1cnccn1. The first-order chi connectivity index (χ1) is 32.0. The van der Waals surface area contributed by atoms with E-state index in [-0.39, 0.29) is 50.2 Å². The molecule has 0 unspecified atom stereocenters. The molecule has 20 heteroatoms. The summed E-state index contributed by atoms with van der Waals surface area (Å²) >= 11 is 0. The van der Waals surface area contributed by atoms with E-state index in [1.165, 1.54) is 78.0 Å². The van der Waals surface area contributed by atoms with Gasteiger partial charge in [-0.25, -0.2) is 4.98 Å². The lowest BCUT2D eigenvalue weighted by molar-refractivity contribution is -0.160. The van der Waals surface area contributed by atoms with E-state index < -0.39 is 94.7 Å². The number of nitrogens with two attached hydrogens (primary N) is 1. The van der Waals surface area contributed by atoms with Gasteiger partial charge in [-0.1, -0.05) is 45.9 Å². The number of aliphatic hydroxyl groups excluding tert-OH is 2. The molecule has 4 aliphatic heterocycles. The Morgan fingerprint density at radius 1 is 0.956 bits per heavy atom. The highest BCUT2D eigenvalue weighted by molar-refractivity contribution is 6.23. The number of methoxy groups -OCH3 is 1. The fourth-order valence-electron chi connectivity index (χ4n) is 8.35. The number of aliphatic hydroxyl groups is 2. The number of carbonyl (C=O) groups is 4. The van der Waals surface area contributed by atoms with Crippen LogP contribution in [0.2, 0.25) is 0 Å². The Morgan fingerprint density at radius 3 is 2.22 bits per heavy atom. The molecular weight excluding hydrogens is 883 g/mol. The number of phenols is 3. The van der Waals surface area contributed by atoms with Crippen LogP contribution < -0.4 is 15.8 Å². The summed E-state index contributed by atoms with van der Waals surface area (Å²) in [6.45, 7) is 15.1. The van der Waals surface area contributed by atoms with Crippen LogP contribution >= 0.6 is 0 Å². The minimum atomic E-state index is -2.04. The Morgan fingerprint density at radius 2 is 1.63 bits per heavy atom. The lowest BCUT2D eigenvalue weighted by Gasteiger charge is -2.38. The molecule has 3 aromatic rings. The first-order valence-electron chi connectivity index (χ1n) is 22.2. The van der Waals surface area contributed by atoms with Crippen molar-refractivity contribution < 1.29 is 63.7 Å². The third-order valence-corrected chi connectivity index (χ3v) is 12.7. The predicted octanol–water partition coefficient (Wildman–Crippen LogP) is 3.91. The molecule has 5 heterocycles. The smallest absolute Gasteiger partial charge is 0.312 e. The molecule has 7 rings (SSSR count). The van der Waals surface area contributed by atoms with Gasteiger partial charge in [-0.2, -0.15) is 5.10 Å². The molecular formula is C48H63N7O13. The average Bonchev–Trinajstić information content (AvgIpc) is 3.58. The van der Waals surface area contributed by atoms with Gasteiger partial charge in [-0.05, 0) is 27.0 Å². The summed E-state index contributed by atoms with van der Waals surface area (Å²) in [4.78, 5) is 60.2. The van der Waals surface area contributed by atoms with Crippen LogP contribution in [-0.4, -0.2) is 146 Å². The Bertz CT molecular complexity index is 2490. The summed E-state index contributed by atoms with van der Waals surface area (Å²) in [6.07, 6.45) is 9.08. The molecule has 0 radical (unpaired) electrons. The number of Topliss-reactive ketones (excluding diaryl/α,β-unsaturated/α-hetero) is 1. The first-order valence-corrected chi connectivity index (χ1v) is 22.2. The van der Waals surface area contributed by atoms with Crippen molar-refractivity contribution in [1.29, 1.82) is 0 Å². The predicted molar refractivity (Wildman–Crippen MR) is 251 cm³/mol. The number of hydrogen-bond acceptors (Lipinski definition) is 18. The van der Waals surface area contributed by atoms with Crippen LogP contribution in [0.5, 0.6) is 23.0 Å². The number of fused-ring (bicyclic) bond motifs is 14. The largest absolute Gasteiger partial charge is 0.507 e. The van der Waals surface area contributed by atoms with Gasteiger partial charge >= 0.3 is 11.8 Å². The van der Waals surface area contributed by atoms with Gasteiger partial charge in [0.25, 0.3) is 17.6 Å². The van der Waals surface area contributed by atoms with Crippen molar-refractivity contribution in [1.82, 2.24) is 19.9 Å². The van der Waals surface area contributed by atoms with Crippen molar-refractivity contribution in [3.05, 3.63) is 77.1 Å². The maximum Gasteiger partial charge on any atom is 0.312 e. The molecule has 0 saturated carbocycles. The molecule has 9 atom stereocenters. The quantitative estimate of drug-likeness (QED) is 0.0826. The van der Waals surface area contributed by atoms with Gasteiger partial charge < -0.3 is 60.4 Å². The molecule has 0 aliphatic carbocycles. The number of amides is 2. The van der Waals surface area contributed by atoms with Gasteiger partial charge in [0.15, 0.2) is 5.75 Å². The number of allylic oxidation sites excluding steroid dienone is 2. The van der Waals surface area contributed by atoms with Crippen molar-refractivity contribution in [2.24, 2.45) is 34.5 Å². The van der Waals surface area contributed by atoms with Crippen molar-refractivity contribution in [3.63, 3.8) is 0 Å². The lowest BCUT2D eigenvalue weighted by Crippen LogP contribution is -2.46. The second-order valence-electron chi connectivity index (χ2n) is 17.6. The molecule has 2 amide bonds. The van der Waals surface area contributed by atoms with Crippen molar-refractivity contribution in [2.45, 2.75) is 85.6 Å². The molecule has 1 fully saturated rings. The summed E-state index contributed by atoms with van der Waals surface area (Å²) in [5, 5.41) is 66.8. The maximum atomic E-state index is 14.4. The molecule has 20 nitrogen and oxygen atoms in total. The zero-order valence-electron chi connectivity index (χ0n) is 40.0. The minimum absolute atomic E-state index is 0.0559. The fraction of sp³-hybridized carbons (Fsp3) is 0.479. The van der Waals surface area contributed by atoms with Crippen LogP contribution in [-0.2, 0) is 23.8 Å². The molecule has 68 heavy (non-hydrogen) atoms. The van der Waals surface area contributed by atoms with Gasteiger partial charge in [-0.3, -0.25) is 29.2 Å². The van der Waals surface area contributed by atoms with Gasteiger partial charge in [0.1, 0.15) is 29.0 Å². The molecule has 1 saturated heterocycles. The Hall–Kier alpha value is -6.61. The molecule has 4 aliphatic rings. The standard InChI is InChI=1S/C43H58N4O12.C5H5N3O/c1-21-12-11-13-22(2)42(55)45-33-28(20-44-47-17-15-46(9)16-18-47)37(52)30-31(38(33)53)36(51)26(6)40-32(30)41(54)43(8,59-40)57-19-14-29(56-10)23(3)39(58-27(7)48)25(5)35(50)24(4)34(21)49;6-5(9)4-3-7-1-2-8-4/h11-14,19-21,23-25,29,34-35,39,49-53H,15-18H2,1-10H3,(H,45,55);1-3H,(H2,6,9)/b12-11+,19-14+,22-13-,44-20-;/t21-,23-,24-,25-,29+,34+,35+,39-,43+;/m1./s1. The minimum Gasteiger partial charge on any atom is -0.507 e. The zero-order chi connectivity index (χ0) is 50.4. The third-order valence-electron chi connectivity index (χ3n) is 12.7. The van der Waals surface area contributed by atoms with Crippen molar-refractivity contribution in [2.75, 3.05) is 45.7 Å². The number of ether oxygens (including phenoxy) is 4. The van der Waals surface area contributed by atoms with Crippen LogP contribution in [0.15, 0.2) is 59.8 Å². The number of piperazine rings is 1. The molecule has 0 spiro atoms. The number of hydrogen-bond donors (Lipinski definition) is 7. The number of likely N-dealkylation sites (N-methyl/N-ethyl adjacent to an activating group) is 1. The first kappa shape index (κ1) is 52.4. The van der Waals surface area contributed by atoms with Gasteiger partial charge in [0.2, 0.25) is 0 Å². The van der Waals surface area contributed by atoms with E-state index in [1.54, 1.807) is 44.9 Å². The summed E-state index contributed by atoms with van der Waals surface area (Å²) in [7, 11) is 3.42. The van der Waals surface area contributed by atoms with Crippen LogP contribution in [0.4, 0.5) is 5.69 Å².